The quantitative estimate of drug-likeness (QED) is 0.527. The molecule has 2 aliphatic rings. The highest BCUT2D eigenvalue weighted by Gasteiger charge is 2.55. The van der Waals surface area contributed by atoms with Gasteiger partial charge in [-0.3, -0.25) is 14.6 Å². The van der Waals surface area contributed by atoms with E-state index < -0.39 is 23.9 Å². The second-order valence-corrected chi connectivity index (χ2v) is 7.59. The summed E-state index contributed by atoms with van der Waals surface area (Å²) in [7, 11) is 0. The molecule has 1 aromatic heterocycles. The Morgan fingerprint density at radius 3 is 2.53 bits per heavy atom. The van der Waals surface area contributed by atoms with Gasteiger partial charge in [0, 0.05) is 10.6 Å². The number of halogens is 1. The van der Waals surface area contributed by atoms with E-state index in [1.807, 2.05) is 6.92 Å². The van der Waals surface area contributed by atoms with Gasteiger partial charge in [-0.1, -0.05) is 22.0 Å². The van der Waals surface area contributed by atoms with Crippen molar-refractivity contribution in [2.24, 2.45) is 10.3 Å². The van der Waals surface area contributed by atoms with Crippen LogP contribution in [0.1, 0.15) is 12.8 Å². The molecule has 11 heteroatoms. The molecule has 2 atom stereocenters. The number of hydrogen-bond donors (Lipinski definition) is 0. The lowest BCUT2D eigenvalue weighted by atomic mass is 10.1. The van der Waals surface area contributed by atoms with E-state index in [4.69, 9.17) is 20.9 Å². The summed E-state index contributed by atoms with van der Waals surface area (Å²) in [5.41, 5.74) is 1.19. The molecule has 0 unspecified atom stereocenters. The topological polar surface area (TPSA) is 113 Å². The smallest absolute Gasteiger partial charge is 0.263 e. The SMILES string of the molecule is CCOc1ccc(N2C(=O)[C@H]3N=NN(Cc4nc(-c5ccc(Cl)cc5)no4)[C@H]3C2=O)cc1. The molecule has 0 saturated carbocycles. The maximum absolute atomic E-state index is 13.1. The first kappa shape index (κ1) is 20.1. The average molecular weight is 453 g/mol. The Morgan fingerprint density at radius 2 is 1.81 bits per heavy atom. The molecule has 5 rings (SSSR count). The second-order valence-electron chi connectivity index (χ2n) is 7.15. The monoisotopic (exact) mass is 452 g/mol. The molecule has 0 aliphatic carbocycles. The zero-order valence-electron chi connectivity index (χ0n) is 16.9. The van der Waals surface area contributed by atoms with Crippen LogP contribution in [0.2, 0.25) is 5.02 Å². The Hall–Kier alpha value is -3.79. The van der Waals surface area contributed by atoms with Crippen LogP contribution in [-0.2, 0) is 16.1 Å². The number of amides is 2. The predicted octanol–water partition coefficient (Wildman–Crippen LogP) is 3.28. The Labute approximate surface area is 187 Å². The number of aromatic nitrogens is 2. The predicted molar refractivity (Wildman–Crippen MR) is 113 cm³/mol. The number of fused-ring (bicyclic) bond motifs is 1. The van der Waals surface area contributed by atoms with Gasteiger partial charge in [0.1, 0.15) is 12.3 Å². The second kappa shape index (κ2) is 8.04. The highest BCUT2D eigenvalue weighted by Crippen LogP contribution is 2.33. The summed E-state index contributed by atoms with van der Waals surface area (Å²) in [5, 5.41) is 14.0. The zero-order valence-corrected chi connectivity index (χ0v) is 17.6. The number of carbonyl (C=O) groups excluding carboxylic acids is 2. The molecule has 32 heavy (non-hydrogen) atoms. The minimum absolute atomic E-state index is 0.0430. The number of nitrogens with zero attached hydrogens (tertiary/aromatic N) is 6. The van der Waals surface area contributed by atoms with Crippen molar-refractivity contribution in [1.82, 2.24) is 15.1 Å². The lowest BCUT2D eigenvalue weighted by Gasteiger charge is -2.19. The summed E-state index contributed by atoms with van der Waals surface area (Å²) >= 11 is 5.91. The fourth-order valence-corrected chi connectivity index (χ4v) is 3.77. The number of ether oxygens (including phenoxy) is 1. The van der Waals surface area contributed by atoms with Gasteiger partial charge in [0.2, 0.25) is 11.7 Å². The largest absolute Gasteiger partial charge is 0.494 e. The van der Waals surface area contributed by atoms with E-state index in [0.29, 0.717) is 28.9 Å². The molecule has 0 spiro atoms. The standard InChI is InChI=1S/C21H17ClN6O4/c1-2-31-15-9-7-14(8-10-15)28-20(29)17-18(21(28)30)27(26-24-17)11-16-23-19(25-32-16)12-3-5-13(22)6-4-12/h3-10,17-18H,2,11H2,1H3/t17-,18+/m0/s1. The van der Waals surface area contributed by atoms with E-state index in [9.17, 15) is 9.59 Å². The van der Waals surface area contributed by atoms with Crippen molar-refractivity contribution in [3.63, 3.8) is 0 Å². The third-order valence-electron chi connectivity index (χ3n) is 5.13. The minimum atomic E-state index is -0.910. The van der Waals surface area contributed by atoms with Crippen LogP contribution in [0, 0.1) is 0 Å². The number of imide groups is 1. The first-order valence-electron chi connectivity index (χ1n) is 9.92. The van der Waals surface area contributed by atoms with E-state index in [-0.39, 0.29) is 12.4 Å². The molecule has 0 radical (unpaired) electrons. The number of anilines is 1. The first-order valence-corrected chi connectivity index (χ1v) is 10.3. The molecule has 3 aromatic rings. The van der Waals surface area contributed by atoms with Crippen LogP contribution in [0.25, 0.3) is 11.4 Å². The molecule has 1 saturated heterocycles. The van der Waals surface area contributed by atoms with Crippen molar-refractivity contribution in [3.05, 3.63) is 59.4 Å². The van der Waals surface area contributed by atoms with Gasteiger partial charge in [-0.15, -0.1) is 0 Å². The third-order valence-corrected chi connectivity index (χ3v) is 5.38. The molecule has 1 fully saturated rings. The van der Waals surface area contributed by atoms with Crippen molar-refractivity contribution in [2.75, 3.05) is 11.5 Å². The number of benzene rings is 2. The van der Waals surface area contributed by atoms with E-state index in [1.54, 1.807) is 48.5 Å². The van der Waals surface area contributed by atoms with Crippen LogP contribution < -0.4 is 9.64 Å². The molecule has 2 aromatic carbocycles. The van der Waals surface area contributed by atoms with Gasteiger partial charge < -0.3 is 9.26 Å². The molecule has 3 heterocycles. The molecule has 162 valence electrons. The molecule has 2 aliphatic heterocycles. The van der Waals surface area contributed by atoms with Crippen LogP contribution in [0.4, 0.5) is 5.69 Å². The van der Waals surface area contributed by atoms with Crippen LogP contribution >= 0.6 is 11.6 Å². The number of carbonyl (C=O) groups is 2. The fraction of sp³-hybridized carbons (Fsp3) is 0.238. The van der Waals surface area contributed by atoms with E-state index >= 15 is 0 Å². The highest BCUT2D eigenvalue weighted by molar-refractivity contribution is 6.30. The van der Waals surface area contributed by atoms with Crippen molar-refractivity contribution < 1.29 is 18.8 Å². The summed E-state index contributed by atoms with van der Waals surface area (Å²) in [6, 6.07) is 12.0. The summed E-state index contributed by atoms with van der Waals surface area (Å²) < 4.78 is 10.7. The van der Waals surface area contributed by atoms with Crippen molar-refractivity contribution in [3.8, 4) is 17.1 Å². The Bertz CT molecular complexity index is 1190. The Balaban J connectivity index is 1.33. The van der Waals surface area contributed by atoms with Crippen LogP contribution in [-0.4, -0.2) is 45.7 Å². The first-order chi connectivity index (χ1) is 15.5. The number of hydrogen-bond acceptors (Lipinski definition) is 9. The molecule has 2 amide bonds. The lowest BCUT2D eigenvalue weighted by molar-refractivity contribution is -0.123. The minimum Gasteiger partial charge on any atom is -0.494 e. The van der Waals surface area contributed by atoms with Gasteiger partial charge in [0.25, 0.3) is 11.8 Å². The molecule has 0 bridgehead atoms. The van der Waals surface area contributed by atoms with Crippen LogP contribution in [0.5, 0.6) is 5.75 Å². The van der Waals surface area contributed by atoms with E-state index in [2.05, 4.69) is 20.5 Å². The summed E-state index contributed by atoms with van der Waals surface area (Å²) in [5.74, 6) is 0.447. The summed E-state index contributed by atoms with van der Waals surface area (Å²) in [6.45, 7) is 2.45. The summed E-state index contributed by atoms with van der Waals surface area (Å²) in [4.78, 5) is 31.4. The summed E-state index contributed by atoms with van der Waals surface area (Å²) in [6.07, 6.45) is 0. The molecular weight excluding hydrogens is 436 g/mol. The van der Waals surface area contributed by atoms with E-state index in [0.717, 1.165) is 10.5 Å². The molecule has 10 nitrogen and oxygen atoms in total. The van der Waals surface area contributed by atoms with Gasteiger partial charge in [0.15, 0.2) is 12.1 Å². The van der Waals surface area contributed by atoms with Crippen LogP contribution in [0.15, 0.2) is 63.4 Å². The van der Waals surface area contributed by atoms with E-state index in [1.165, 1.54) is 5.01 Å². The van der Waals surface area contributed by atoms with Gasteiger partial charge in [-0.25, -0.2) is 4.90 Å². The van der Waals surface area contributed by atoms with Crippen molar-refractivity contribution >= 4 is 29.1 Å². The Kier molecular flexibility index (Phi) is 5.06. The van der Waals surface area contributed by atoms with Crippen LogP contribution in [0.3, 0.4) is 0 Å². The van der Waals surface area contributed by atoms with Crippen molar-refractivity contribution in [2.45, 2.75) is 25.6 Å². The maximum Gasteiger partial charge on any atom is 0.263 e. The lowest BCUT2D eigenvalue weighted by Crippen LogP contribution is -2.39. The number of rotatable bonds is 6. The molecular formula is C21H17ClN6O4. The molecule has 0 N–H and O–H groups in total. The average Bonchev–Trinajstić information content (AvgIpc) is 3.48. The normalized spacial score (nSPS) is 19.7. The van der Waals surface area contributed by atoms with Gasteiger partial charge in [-0.2, -0.15) is 10.1 Å². The highest BCUT2D eigenvalue weighted by atomic mass is 35.5. The van der Waals surface area contributed by atoms with Crippen molar-refractivity contribution in [1.29, 1.82) is 0 Å². The zero-order chi connectivity index (χ0) is 22.2. The van der Waals surface area contributed by atoms with Gasteiger partial charge >= 0.3 is 0 Å². The van der Waals surface area contributed by atoms with Gasteiger partial charge in [-0.05, 0) is 55.5 Å². The van der Waals surface area contributed by atoms with Gasteiger partial charge in [0.05, 0.1) is 12.3 Å². The third kappa shape index (κ3) is 3.48. The fourth-order valence-electron chi connectivity index (χ4n) is 3.64. The maximum atomic E-state index is 13.1. The Morgan fingerprint density at radius 1 is 1.06 bits per heavy atom.